The van der Waals surface area contributed by atoms with Crippen molar-refractivity contribution in [1.82, 2.24) is 15.1 Å². The molecule has 112 valence electrons. The van der Waals surface area contributed by atoms with Gasteiger partial charge in [0, 0.05) is 23.0 Å². The molecule has 0 saturated carbocycles. The fraction of sp³-hybridized carbons (Fsp3) is 0.0667. The van der Waals surface area contributed by atoms with Gasteiger partial charge in [-0.2, -0.15) is 5.10 Å². The zero-order valence-electron chi connectivity index (χ0n) is 11.5. The molecule has 0 aliphatic carbocycles. The Morgan fingerprint density at radius 2 is 2.23 bits per heavy atom. The SMILES string of the molecule is O=C(NCc1cccs1)Nc1ccc(-n2cccn2)c(Cl)c1. The molecule has 7 heteroatoms. The van der Waals surface area contributed by atoms with Gasteiger partial charge in [0.15, 0.2) is 0 Å². The first-order chi connectivity index (χ1) is 10.7. The number of hydrogen-bond acceptors (Lipinski definition) is 3. The minimum Gasteiger partial charge on any atom is -0.333 e. The van der Waals surface area contributed by atoms with Crippen molar-refractivity contribution in [3.05, 3.63) is 64.1 Å². The van der Waals surface area contributed by atoms with Gasteiger partial charge in [-0.1, -0.05) is 17.7 Å². The Kier molecular flexibility index (Phi) is 4.41. The number of nitrogens with one attached hydrogen (secondary N) is 2. The number of urea groups is 1. The number of amides is 2. The highest BCUT2D eigenvalue weighted by atomic mass is 35.5. The average Bonchev–Trinajstić information content (AvgIpc) is 3.19. The number of halogens is 1. The summed E-state index contributed by atoms with van der Waals surface area (Å²) in [5.74, 6) is 0. The Hall–Kier alpha value is -2.31. The van der Waals surface area contributed by atoms with Crippen molar-refractivity contribution in [2.45, 2.75) is 6.54 Å². The van der Waals surface area contributed by atoms with Crippen LogP contribution in [0.5, 0.6) is 0 Å². The fourth-order valence-corrected chi connectivity index (χ4v) is 2.85. The molecule has 2 amide bonds. The molecule has 2 heterocycles. The standard InChI is InChI=1S/C15H13ClN4OS/c16-13-9-11(4-5-14(13)20-7-2-6-18-20)19-15(21)17-10-12-3-1-8-22-12/h1-9H,10H2,(H2,17,19,21). The predicted molar refractivity (Wildman–Crippen MR) is 88.8 cm³/mol. The van der Waals surface area contributed by atoms with Crippen LogP contribution in [0, 0.1) is 0 Å². The van der Waals surface area contributed by atoms with Crippen molar-refractivity contribution in [2.75, 3.05) is 5.32 Å². The number of nitrogens with zero attached hydrogens (tertiary/aromatic N) is 2. The van der Waals surface area contributed by atoms with Crippen LogP contribution in [-0.4, -0.2) is 15.8 Å². The van der Waals surface area contributed by atoms with Gasteiger partial charge in [0.05, 0.1) is 17.3 Å². The highest BCUT2D eigenvalue weighted by molar-refractivity contribution is 7.09. The molecular weight excluding hydrogens is 320 g/mol. The zero-order chi connectivity index (χ0) is 15.4. The molecule has 3 rings (SSSR count). The highest BCUT2D eigenvalue weighted by Gasteiger charge is 2.07. The van der Waals surface area contributed by atoms with E-state index in [9.17, 15) is 4.79 Å². The lowest BCUT2D eigenvalue weighted by molar-refractivity contribution is 0.252. The summed E-state index contributed by atoms with van der Waals surface area (Å²) in [7, 11) is 0. The fourth-order valence-electron chi connectivity index (χ4n) is 1.94. The van der Waals surface area contributed by atoms with Crippen LogP contribution in [0.3, 0.4) is 0 Å². The molecule has 0 bridgehead atoms. The molecule has 0 spiro atoms. The van der Waals surface area contributed by atoms with Crippen LogP contribution in [0.2, 0.25) is 5.02 Å². The number of carbonyl (C=O) groups is 1. The first-order valence-corrected chi connectivity index (χ1v) is 7.85. The van der Waals surface area contributed by atoms with E-state index in [-0.39, 0.29) is 6.03 Å². The number of benzene rings is 1. The van der Waals surface area contributed by atoms with E-state index in [0.717, 1.165) is 10.6 Å². The van der Waals surface area contributed by atoms with Gasteiger partial charge in [-0.3, -0.25) is 0 Å². The number of thiophene rings is 1. The van der Waals surface area contributed by atoms with Crippen molar-refractivity contribution < 1.29 is 4.79 Å². The number of anilines is 1. The van der Waals surface area contributed by atoms with E-state index >= 15 is 0 Å². The number of hydrogen-bond donors (Lipinski definition) is 2. The number of rotatable bonds is 4. The summed E-state index contributed by atoms with van der Waals surface area (Å²) in [6.07, 6.45) is 3.49. The lowest BCUT2D eigenvalue weighted by Gasteiger charge is -2.09. The molecule has 22 heavy (non-hydrogen) atoms. The van der Waals surface area contributed by atoms with E-state index in [1.165, 1.54) is 0 Å². The van der Waals surface area contributed by atoms with Crippen LogP contribution < -0.4 is 10.6 Å². The molecule has 0 fully saturated rings. The van der Waals surface area contributed by atoms with E-state index in [4.69, 9.17) is 11.6 Å². The molecule has 3 aromatic rings. The first-order valence-electron chi connectivity index (χ1n) is 6.59. The van der Waals surface area contributed by atoms with Gasteiger partial charge in [0.2, 0.25) is 0 Å². The van der Waals surface area contributed by atoms with Crippen molar-refractivity contribution in [1.29, 1.82) is 0 Å². The van der Waals surface area contributed by atoms with Crippen LogP contribution in [0.25, 0.3) is 5.69 Å². The van der Waals surface area contributed by atoms with Crippen LogP contribution in [-0.2, 0) is 6.54 Å². The van der Waals surface area contributed by atoms with Crippen molar-refractivity contribution in [2.24, 2.45) is 0 Å². The summed E-state index contributed by atoms with van der Waals surface area (Å²) in [4.78, 5) is 13.0. The lowest BCUT2D eigenvalue weighted by Crippen LogP contribution is -2.27. The molecule has 0 saturated heterocycles. The predicted octanol–water partition coefficient (Wildman–Crippen LogP) is 3.91. The Morgan fingerprint density at radius 3 is 2.91 bits per heavy atom. The molecule has 2 N–H and O–H groups in total. The minimum atomic E-state index is -0.267. The van der Waals surface area contributed by atoms with Crippen LogP contribution in [0.1, 0.15) is 4.88 Å². The monoisotopic (exact) mass is 332 g/mol. The highest BCUT2D eigenvalue weighted by Crippen LogP contribution is 2.23. The summed E-state index contributed by atoms with van der Waals surface area (Å²) < 4.78 is 1.67. The van der Waals surface area contributed by atoms with Gasteiger partial charge in [-0.15, -0.1) is 11.3 Å². The Bertz CT molecular complexity index is 756. The molecule has 1 aromatic carbocycles. The molecule has 2 aromatic heterocycles. The Labute approximate surface area is 136 Å². The maximum absolute atomic E-state index is 11.9. The quantitative estimate of drug-likeness (QED) is 0.761. The molecular formula is C15H13ClN4OS. The van der Waals surface area contributed by atoms with Gasteiger partial charge < -0.3 is 10.6 Å². The summed E-state index contributed by atoms with van der Waals surface area (Å²) in [6.45, 7) is 0.503. The number of carbonyl (C=O) groups excluding carboxylic acids is 1. The Balaban J connectivity index is 1.63. The van der Waals surface area contributed by atoms with E-state index < -0.39 is 0 Å². The van der Waals surface area contributed by atoms with Crippen molar-refractivity contribution >= 4 is 34.7 Å². The molecule has 0 unspecified atom stereocenters. The molecule has 0 radical (unpaired) electrons. The second-order valence-corrected chi connectivity index (χ2v) is 5.94. The third-order valence-electron chi connectivity index (χ3n) is 2.96. The molecule has 0 aliphatic rings. The molecule has 0 aliphatic heterocycles. The third-order valence-corrected chi connectivity index (χ3v) is 4.14. The minimum absolute atomic E-state index is 0.267. The van der Waals surface area contributed by atoms with Gasteiger partial charge in [0.25, 0.3) is 0 Å². The summed E-state index contributed by atoms with van der Waals surface area (Å²) in [6, 6.07) is 10.8. The first kappa shape index (κ1) is 14.6. The van der Waals surface area contributed by atoms with E-state index in [1.54, 1.807) is 34.3 Å². The maximum Gasteiger partial charge on any atom is 0.319 e. The van der Waals surface area contributed by atoms with Gasteiger partial charge in [-0.25, -0.2) is 9.48 Å². The molecule has 0 atom stereocenters. The van der Waals surface area contributed by atoms with Crippen molar-refractivity contribution in [3.63, 3.8) is 0 Å². The van der Waals surface area contributed by atoms with Gasteiger partial charge in [0.1, 0.15) is 0 Å². The number of aromatic nitrogens is 2. The van der Waals surface area contributed by atoms with Gasteiger partial charge in [-0.05, 0) is 35.7 Å². The van der Waals surface area contributed by atoms with Gasteiger partial charge >= 0.3 is 6.03 Å². The van der Waals surface area contributed by atoms with Crippen LogP contribution in [0.4, 0.5) is 10.5 Å². The van der Waals surface area contributed by atoms with Crippen molar-refractivity contribution in [3.8, 4) is 5.69 Å². The average molecular weight is 333 g/mol. The summed E-state index contributed by atoms with van der Waals surface area (Å²) in [5.41, 5.74) is 1.39. The second kappa shape index (κ2) is 6.64. The lowest BCUT2D eigenvalue weighted by atomic mass is 10.3. The summed E-state index contributed by atoms with van der Waals surface area (Å²) >= 11 is 7.83. The Morgan fingerprint density at radius 1 is 1.32 bits per heavy atom. The zero-order valence-corrected chi connectivity index (χ0v) is 13.1. The topological polar surface area (TPSA) is 59.0 Å². The van der Waals surface area contributed by atoms with E-state index in [0.29, 0.717) is 17.3 Å². The third kappa shape index (κ3) is 3.47. The smallest absolute Gasteiger partial charge is 0.319 e. The van der Waals surface area contributed by atoms with Crippen LogP contribution in [0.15, 0.2) is 54.2 Å². The largest absolute Gasteiger partial charge is 0.333 e. The van der Waals surface area contributed by atoms with Crippen LogP contribution >= 0.6 is 22.9 Å². The maximum atomic E-state index is 11.9. The normalized spacial score (nSPS) is 10.4. The second-order valence-electron chi connectivity index (χ2n) is 4.50. The van der Waals surface area contributed by atoms with E-state index in [2.05, 4.69) is 15.7 Å². The summed E-state index contributed by atoms with van der Waals surface area (Å²) in [5, 5.41) is 12.2. The molecule has 5 nitrogen and oxygen atoms in total. The van der Waals surface area contributed by atoms with E-state index in [1.807, 2.05) is 35.8 Å².